The summed E-state index contributed by atoms with van der Waals surface area (Å²) in [6, 6.07) is 0.550. The molecule has 1 aromatic rings. The molecule has 100 valence electrons. The van der Waals surface area contributed by atoms with E-state index in [2.05, 4.69) is 33.8 Å². The van der Waals surface area contributed by atoms with Gasteiger partial charge in [0, 0.05) is 30.1 Å². The minimum atomic E-state index is 0.550. The van der Waals surface area contributed by atoms with Crippen LogP contribution in [0.15, 0.2) is 6.20 Å². The molecule has 1 saturated carbocycles. The fourth-order valence-corrected chi connectivity index (χ4v) is 3.22. The molecule has 0 radical (unpaired) electrons. The van der Waals surface area contributed by atoms with Crippen LogP contribution >= 0.6 is 11.8 Å². The first kappa shape index (κ1) is 13.5. The van der Waals surface area contributed by atoms with Gasteiger partial charge in [0.05, 0.1) is 0 Å². The van der Waals surface area contributed by atoms with Crippen molar-refractivity contribution in [3.63, 3.8) is 0 Å². The van der Waals surface area contributed by atoms with E-state index < -0.39 is 0 Å². The van der Waals surface area contributed by atoms with Gasteiger partial charge in [-0.15, -0.1) is 0 Å². The van der Waals surface area contributed by atoms with Gasteiger partial charge in [-0.3, -0.25) is 0 Å². The molecule has 18 heavy (non-hydrogen) atoms. The maximum Gasteiger partial charge on any atom is 0.224 e. The van der Waals surface area contributed by atoms with E-state index in [1.165, 1.54) is 25.7 Å². The first-order chi connectivity index (χ1) is 8.72. The van der Waals surface area contributed by atoms with Crippen molar-refractivity contribution in [3.8, 4) is 0 Å². The van der Waals surface area contributed by atoms with Crippen LogP contribution in [0.2, 0.25) is 0 Å². The molecule has 2 unspecified atom stereocenters. The van der Waals surface area contributed by atoms with Crippen LogP contribution in [0.5, 0.6) is 0 Å². The number of nitrogens with one attached hydrogen (secondary N) is 2. The van der Waals surface area contributed by atoms with Crippen LogP contribution in [0.4, 0.5) is 11.8 Å². The van der Waals surface area contributed by atoms with Gasteiger partial charge in [-0.05, 0) is 32.4 Å². The molecule has 0 bridgehead atoms. The molecule has 1 aliphatic carbocycles. The Labute approximate surface area is 113 Å². The minimum absolute atomic E-state index is 0.550. The van der Waals surface area contributed by atoms with Gasteiger partial charge >= 0.3 is 0 Å². The van der Waals surface area contributed by atoms with E-state index in [0.717, 1.165) is 16.6 Å². The molecule has 0 aromatic carbocycles. The lowest BCUT2D eigenvalue weighted by Crippen LogP contribution is -2.29. The third kappa shape index (κ3) is 3.28. The lowest BCUT2D eigenvalue weighted by Gasteiger charge is -2.29. The van der Waals surface area contributed by atoms with Crippen molar-refractivity contribution in [2.45, 2.75) is 43.9 Å². The van der Waals surface area contributed by atoms with E-state index >= 15 is 0 Å². The van der Waals surface area contributed by atoms with Gasteiger partial charge in [0.2, 0.25) is 5.95 Å². The topological polar surface area (TPSA) is 49.8 Å². The molecule has 0 spiro atoms. The zero-order valence-corrected chi connectivity index (χ0v) is 12.2. The third-order valence-electron chi connectivity index (χ3n) is 3.50. The van der Waals surface area contributed by atoms with Crippen LogP contribution in [0.25, 0.3) is 0 Å². The first-order valence-corrected chi connectivity index (χ1v) is 7.82. The van der Waals surface area contributed by atoms with Crippen molar-refractivity contribution in [1.82, 2.24) is 9.97 Å². The zero-order valence-electron chi connectivity index (χ0n) is 11.4. The summed E-state index contributed by atoms with van der Waals surface area (Å²) < 4.78 is 0. The molecule has 0 amide bonds. The Hall–Kier alpha value is -0.970. The van der Waals surface area contributed by atoms with Crippen molar-refractivity contribution >= 4 is 23.5 Å². The molecule has 1 fully saturated rings. The Kier molecular flexibility index (Phi) is 4.69. The summed E-state index contributed by atoms with van der Waals surface area (Å²) in [7, 11) is 1.85. The van der Waals surface area contributed by atoms with E-state index in [1.54, 1.807) is 0 Å². The van der Waals surface area contributed by atoms with E-state index in [-0.39, 0.29) is 0 Å². The van der Waals surface area contributed by atoms with Crippen molar-refractivity contribution in [1.29, 1.82) is 0 Å². The molecule has 2 rings (SSSR count). The zero-order chi connectivity index (χ0) is 13.0. The van der Waals surface area contributed by atoms with Crippen LogP contribution in [0, 0.1) is 6.92 Å². The molecule has 1 aromatic heterocycles. The van der Waals surface area contributed by atoms with Gasteiger partial charge in [0.25, 0.3) is 0 Å². The summed E-state index contributed by atoms with van der Waals surface area (Å²) in [5, 5.41) is 7.36. The van der Waals surface area contributed by atoms with Crippen molar-refractivity contribution in [2.75, 3.05) is 23.9 Å². The van der Waals surface area contributed by atoms with Gasteiger partial charge in [-0.25, -0.2) is 4.98 Å². The monoisotopic (exact) mass is 266 g/mol. The van der Waals surface area contributed by atoms with Gasteiger partial charge in [-0.2, -0.15) is 16.7 Å². The molecular weight excluding hydrogens is 244 g/mol. The summed E-state index contributed by atoms with van der Waals surface area (Å²) in [4.78, 5) is 8.71. The van der Waals surface area contributed by atoms with Crippen LogP contribution in [0.1, 0.15) is 31.2 Å². The van der Waals surface area contributed by atoms with E-state index in [0.29, 0.717) is 12.0 Å². The molecule has 1 heterocycles. The highest BCUT2D eigenvalue weighted by molar-refractivity contribution is 7.99. The quantitative estimate of drug-likeness (QED) is 0.877. The van der Waals surface area contributed by atoms with Crippen LogP contribution in [-0.4, -0.2) is 34.6 Å². The fourth-order valence-electron chi connectivity index (χ4n) is 2.39. The summed E-state index contributed by atoms with van der Waals surface area (Å²) in [5.74, 6) is 1.65. The molecule has 4 nitrogen and oxygen atoms in total. The van der Waals surface area contributed by atoms with E-state index in [1.807, 2.05) is 25.0 Å². The Morgan fingerprint density at radius 3 is 2.94 bits per heavy atom. The Morgan fingerprint density at radius 1 is 1.39 bits per heavy atom. The van der Waals surface area contributed by atoms with E-state index in [4.69, 9.17) is 0 Å². The lowest BCUT2D eigenvalue weighted by molar-refractivity contribution is 0.472. The molecule has 2 N–H and O–H groups in total. The number of aryl methyl sites for hydroxylation is 1. The highest BCUT2D eigenvalue weighted by Crippen LogP contribution is 2.29. The van der Waals surface area contributed by atoms with Crippen molar-refractivity contribution < 1.29 is 0 Å². The SMILES string of the molecule is CNc1ncc(C)c(NC2CCCC(SC)C2)n1. The molecule has 2 atom stereocenters. The first-order valence-electron chi connectivity index (χ1n) is 6.53. The Balaban J connectivity index is 2.04. The second-order valence-corrected chi connectivity index (χ2v) is 5.98. The lowest BCUT2D eigenvalue weighted by atomic mass is 9.95. The summed E-state index contributed by atoms with van der Waals surface area (Å²) in [6.07, 6.45) is 9.23. The highest BCUT2D eigenvalue weighted by Gasteiger charge is 2.21. The number of nitrogens with zero attached hydrogens (tertiary/aromatic N) is 2. The van der Waals surface area contributed by atoms with Gasteiger partial charge in [0.15, 0.2) is 0 Å². The minimum Gasteiger partial charge on any atom is -0.367 e. The smallest absolute Gasteiger partial charge is 0.224 e. The number of anilines is 2. The molecule has 5 heteroatoms. The summed E-state index contributed by atoms with van der Waals surface area (Å²) >= 11 is 1.99. The van der Waals surface area contributed by atoms with Gasteiger partial charge < -0.3 is 10.6 Å². The molecule has 0 aliphatic heterocycles. The Bertz CT molecular complexity index is 397. The van der Waals surface area contributed by atoms with Gasteiger partial charge in [0.1, 0.15) is 5.82 Å². The standard InChI is InChI=1S/C13H22N4S/c1-9-8-15-13(14-2)17-12(9)16-10-5-4-6-11(7-10)18-3/h8,10-11H,4-7H2,1-3H3,(H2,14,15,16,17). The maximum absolute atomic E-state index is 4.50. The van der Waals surface area contributed by atoms with Crippen LogP contribution < -0.4 is 10.6 Å². The highest BCUT2D eigenvalue weighted by atomic mass is 32.2. The number of thioether (sulfide) groups is 1. The summed E-state index contributed by atoms with van der Waals surface area (Å²) in [6.45, 7) is 2.05. The molecule has 1 aliphatic rings. The van der Waals surface area contributed by atoms with Crippen molar-refractivity contribution in [3.05, 3.63) is 11.8 Å². The molecular formula is C13H22N4S. The number of hydrogen-bond acceptors (Lipinski definition) is 5. The maximum atomic E-state index is 4.50. The second kappa shape index (κ2) is 6.27. The molecule has 0 saturated heterocycles. The predicted octanol–water partition coefficient (Wildman–Crippen LogP) is 2.91. The fraction of sp³-hybridized carbons (Fsp3) is 0.692. The number of rotatable bonds is 4. The number of aromatic nitrogens is 2. The second-order valence-electron chi connectivity index (χ2n) is 4.84. The largest absolute Gasteiger partial charge is 0.367 e. The average molecular weight is 266 g/mol. The van der Waals surface area contributed by atoms with Crippen molar-refractivity contribution in [2.24, 2.45) is 0 Å². The normalized spacial score (nSPS) is 23.7. The average Bonchev–Trinajstić information content (AvgIpc) is 2.41. The summed E-state index contributed by atoms with van der Waals surface area (Å²) in [5.41, 5.74) is 1.11. The predicted molar refractivity (Wildman–Crippen MR) is 79.5 cm³/mol. The number of hydrogen-bond donors (Lipinski definition) is 2. The van der Waals surface area contributed by atoms with E-state index in [9.17, 15) is 0 Å². The third-order valence-corrected chi connectivity index (χ3v) is 4.59. The van der Waals surface area contributed by atoms with Crippen LogP contribution in [-0.2, 0) is 0 Å². The Morgan fingerprint density at radius 2 is 2.22 bits per heavy atom. The van der Waals surface area contributed by atoms with Crippen LogP contribution in [0.3, 0.4) is 0 Å². The van der Waals surface area contributed by atoms with Gasteiger partial charge in [-0.1, -0.05) is 6.42 Å².